The quantitative estimate of drug-likeness (QED) is 0.636. The first-order valence-electron chi connectivity index (χ1n) is 9.70. The lowest BCUT2D eigenvalue weighted by Crippen LogP contribution is -2.54. The number of carbonyl (C=O) groups excluding carboxylic acids is 2. The van der Waals surface area contributed by atoms with Crippen LogP contribution in [0.15, 0.2) is 47.4 Å². The van der Waals surface area contributed by atoms with Crippen LogP contribution in [0.3, 0.4) is 0 Å². The van der Waals surface area contributed by atoms with Gasteiger partial charge in [0.25, 0.3) is 11.8 Å². The van der Waals surface area contributed by atoms with Crippen molar-refractivity contribution in [3.05, 3.63) is 69.1 Å². The molecule has 7 heteroatoms. The first-order chi connectivity index (χ1) is 14.1. The van der Waals surface area contributed by atoms with Gasteiger partial charge in [-0.2, -0.15) is 0 Å². The van der Waals surface area contributed by atoms with E-state index in [4.69, 9.17) is 17.0 Å². The summed E-state index contributed by atoms with van der Waals surface area (Å²) in [6.45, 7) is 6.31. The highest BCUT2D eigenvalue weighted by Crippen LogP contribution is 2.57. The molecule has 2 aromatic carbocycles. The normalized spacial score (nSPS) is 26.8. The minimum Gasteiger partial charge on any atom is -0.302 e. The lowest BCUT2D eigenvalue weighted by atomic mass is 9.65. The van der Waals surface area contributed by atoms with Gasteiger partial charge >= 0.3 is 0 Å². The van der Waals surface area contributed by atoms with Gasteiger partial charge in [0, 0.05) is 21.5 Å². The summed E-state index contributed by atoms with van der Waals surface area (Å²) >= 11 is 7.54. The molecule has 2 aromatic rings. The third kappa shape index (κ3) is 2.53. The highest BCUT2D eigenvalue weighted by molar-refractivity contribution is 8.18. The van der Waals surface area contributed by atoms with E-state index in [1.807, 2.05) is 29.2 Å². The molecule has 5 rings (SSSR count). The van der Waals surface area contributed by atoms with Gasteiger partial charge in [0.15, 0.2) is 5.17 Å². The van der Waals surface area contributed by atoms with Crippen molar-refractivity contribution in [2.24, 2.45) is 0 Å². The van der Waals surface area contributed by atoms with E-state index in [0.717, 1.165) is 28.6 Å². The summed E-state index contributed by atoms with van der Waals surface area (Å²) in [7, 11) is 0. The van der Waals surface area contributed by atoms with E-state index in [0.29, 0.717) is 22.6 Å². The number of amidine groups is 1. The predicted octanol–water partition coefficient (Wildman–Crippen LogP) is 4.68. The molecule has 0 aliphatic carbocycles. The second kappa shape index (κ2) is 6.22. The summed E-state index contributed by atoms with van der Waals surface area (Å²) < 4.78 is 0. The maximum atomic E-state index is 13.7. The van der Waals surface area contributed by atoms with E-state index in [2.05, 4.69) is 38.2 Å². The Hall–Kier alpha value is -2.57. The Labute approximate surface area is 184 Å². The van der Waals surface area contributed by atoms with Gasteiger partial charge in [-0.1, -0.05) is 48.9 Å². The largest absolute Gasteiger partial charge is 0.302 e. The number of benzene rings is 2. The number of hydrogen-bond donors (Lipinski definition) is 2. The number of halogens is 1. The zero-order chi connectivity index (χ0) is 21.4. The molecular weight excluding hydrogens is 418 g/mol. The van der Waals surface area contributed by atoms with E-state index in [9.17, 15) is 9.59 Å². The van der Waals surface area contributed by atoms with Gasteiger partial charge in [-0.25, -0.2) is 0 Å². The number of thioether (sulfide) groups is 1. The smallest absolute Gasteiger partial charge is 0.264 e. The van der Waals surface area contributed by atoms with Gasteiger partial charge in [0.05, 0.1) is 16.2 Å². The van der Waals surface area contributed by atoms with Gasteiger partial charge in [-0.3, -0.25) is 15.0 Å². The first-order valence-corrected chi connectivity index (χ1v) is 10.9. The molecule has 0 radical (unpaired) electrons. The van der Waals surface area contributed by atoms with E-state index in [-0.39, 0.29) is 21.4 Å². The average molecular weight is 438 g/mol. The van der Waals surface area contributed by atoms with E-state index in [1.54, 1.807) is 6.07 Å². The Bertz CT molecular complexity index is 1190. The molecule has 0 saturated carbocycles. The first kappa shape index (κ1) is 19.4. The van der Waals surface area contributed by atoms with Crippen LogP contribution in [0.4, 0.5) is 5.69 Å². The monoisotopic (exact) mass is 437 g/mol. The minimum atomic E-state index is -0.479. The average Bonchev–Trinajstić information content (AvgIpc) is 3.15. The van der Waals surface area contributed by atoms with Gasteiger partial charge in [0.1, 0.15) is 0 Å². The maximum absolute atomic E-state index is 13.7. The molecule has 2 N–H and O–H groups in total. The summed E-state index contributed by atoms with van der Waals surface area (Å²) in [5.41, 5.74) is 3.14. The van der Waals surface area contributed by atoms with Crippen LogP contribution in [0.1, 0.15) is 43.9 Å². The molecule has 2 amide bonds. The fourth-order valence-corrected chi connectivity index (χ4v) is 6.19. The number of anilines is 1. The molecule has 152 valence electrons. The molecule has 30 heavy (non-hydrogen) atoms. The fourth-order valence-electron chi connectivity index (χ4n) is 5.18. The molecule has 1 atom stereocenters. The summed E-state index contributed by atoms with van der Waals surface area (Å²) in [6, 6.07) is 14.0. The highest BCUT2D eigenvalue weighted by atomic mass is 35.5. The van der Waals surface area contributed by atoms with Gasteiger partial charge in [-0.15, -0.1) is 0 Å². The van der Waals surface area contributed by atoms with Crippen LogP contribution in [-0.4, -0.2) is 22.5 Å². The summed E-state index contributed by atoms with van der Waals surface area (Å²) in [4.78, 5) is 28.2. The van der Waals surface area contributed by atoms with Gasteiger partial charge < -0.3 is 10.2 Å². The lowest BCUT2D eigenvalue weighted by Gasteiger charge is -2.49. The zero-order valence-corrected chi connectivity index (χ0v) is 18.4. The van der Waals surface area contributed by atoms with Crippen molar-refractivity contribution >= 4 is 51.6 Å². The highest BCUT2D eigenvalue weighted by Gasteiger charge is 2.54. The Morgan fingerprint density at radius 2 is 1.83 bits per heavy atom. The van der Waals surface area contributed by atoms with Crippen molar-refractivity contribution in [2.75, 3.05) is 4.90 Å². The second-order valence-electron chi connectivity index (χ2n) is 8.77. The molecule has 3 heterocycles. The Kier molecular flexibility index (Phi) is 4.02. The maximum Gasteiger partial charge on any atom is 0.264 e. The van der Waals surface area contributed by atoms with E-state index < -0.39 is 11.4 Å². The van der Waals surface area contributed by atoms with Crippen LogP contribution < -0.4 is 10.2 Å². The van der Waals surface area contributed by atoms with Crippen molar-refractivity contribution in [3.8, 4) is 0 Å². The number of nitrogens with zero attached hydrogens (tertiary/aromatic N) is 1. The van der Waals surface area contributed by atoms with E-state index >= 15 is 0 Å². The topological polar surface area (TPSA) is 73.3 Å². The lowest BCUT2D eigenvalue weighted by molar-refractivity contribution is -0.116. The van der Waals surface area contributed by atoms with Crippen LogP contribution in [0.5, 0.6) is 0 Å². The predicted molar refractivity (Wildman–Crippen MR) is 121 cm³/mol. The summed E-state index contributed by atoms with van der Waals surface area (Å²) in [5.74, 6) is -0.619. The van der Waals surface area contributed by atoms with Crippen molar-refractivity contribution in [1.82, 2.24) is 5.32 Å². The van der Waals surface area contributed by atoms with Crippen molar-refractivity contribution in [3.63, 3.8) is 0 Å². The minimum absolute atomic E-state index is 0.0285. The Morgan fingerprint density at radius 1 is 1.13 bits per heavy atom. The Balaban J connectivity index is 1.86. The molecule has 5 nitrogen and oxygen atoms in total. The van der Waals surface area contributed by atoms with Crippen LogP contribution >= 0.6 is 23.4 Å². The summed E-state index contributed by atoms with van der Waals surface area (Å²) in [6.07, 6.45) is 0.709. The molecular formula is C23H20ClN3O2S. The number of hydrogen-bond acceptors (Lipinski definition) is 4. The molecule has 3 aliphatic rings. The molecule has 3 aliphatic heterocycles. The summed E-state index contributed by atoms with van der Waals surface area (Å²) in [5, 5.41) is 10.8. The molecule has 0 bridgehead atoms. The molecule has 1 unspecified atom stereocenters. The number of carbonyl (C=O) groups is 2. The number of amides is 2. The SMILES string of the molecule is CC1(c2ccccc2)CC(C)(C)N2C(=O)C(=C3SC(=N)NC3=O)c3cc(Cl)cc1c32. The molecule has 0 spiro atoms. The Morgan fingerprint density at radius 3 is 2.47 bits per heavy atom. The van der Waals surface area contributed by atoms with Crippen molar-refractivity contribution in [1.29, 1.82) is 5.41 Å². The van der Waals surface area contributed by atoms with Crippen LogP contribution in [0, 0.1) is 5.41 Å². The number of nitrogens with one attached hydrogen (secondary N) is 2. The van der Waals surface area contributed by atoms with Gasteiger partial charge in [0.2, 0.25) is 0 Å². The molecule has 0 aromatic heterocycles. The van der Waals surface area contributed by atoms with Crippen molar-refractivity contribution < 1.29 is 9.59 Å². The zero-order valence-electron chi connectivity index (χ0n) is 16.8. The van der Waals surface area contributed by atoms with Crippen molar-refractivity contribution in [2.45, 2.75) is 38.1 Å². The molecule has 1 saturated heterocycles. The van der Waals surface area contributed by atoms with Crippen LogP contribution in [0.25, 0.3) is 5.57 Å². The number of rotatable bonds is 1. The van der Waals surface area contributed by atoms with E-state index in [1.165, 1.54) is 0 Å². The van der Waals surface area contributed by atoms with Crippen LogP contribution in [-0.2, 0) is 15.0 Å². The third-order valence-corrected chi connectivity index (χ3v) is 7.36. The second-order valence-corrected chi connectivity index (χ2v) is 10.2. The fraction of sp³-hybridized carbons (Fsp3) is 0.261. The third-order valence-electron chi connectivity index (χ3n) is 6.25. The van der Waals surface area contributed by atoms with Gasteiger partial charge in [-0.05, 0) is 55.3 Å². The molecule has 1 fully saturated rings. The standard InChI is InChI=1S/C23H20ClN3O2S/c1-22(2)11-23(3,12-7-5-4-6-8-12)15-10-13(24)9-14-16(20(29)27(22)17(14)15)18-19(28)26-21(25)30-18/h4-10H,11H2,1-3H3,(H2,25,26,28). The van der Waals surface area contributed by atoms with Crippen LogP contribution in [0.2, 0.25) is 5.02 Å².